The number of carbonyl (C=O) groups excluding carboxylic acids is 1. The number of hydrogen-bond donors (Lipinski definition) is 1. The number of thioether (sulfide) groups is 1. The fraction of sp³-hybridized carbons (Fsp3) is 0.400. The molecule has 1 aromatic heterocycles. The molecule has 1 fully saturated rings. The van der Waals surface area contributed by atoms with Crippen LogP contribution in [-0.2, 0) is 6.42 Å². The number of hydrogen-bond acceptors (Lipinski definition) is 5. The molecule has 2 atom stereocenters. The third kappa shape index (κ3) is 4.81. The molecule has 1 saturated carbocycles. The van der Waals surface area contributed by atoms with Crippen molar-refractivity contribution in [1.82, 2.24) is 14.9 Å². The predicted octanol–water partition coefficient (Wildman–Crippen LogP) is 5.71. The zero-order valence-electron chi connectivity index (χ0n) is 18.2. The molecule has 0 saturated heterocycles. The lowest BCUT2D eigenvalue weighted by atomic mass is 9.86. The summed E-state index contributed by atoms with van der Waals surface area (Å²) in [7, 11) is 0. The Labute approximate surface area is 196 Å². The Morgan fingerprint density at radius 3 is 2.33 bits per heavy atom. The molecule has 5 rings (SSSR count). The van der Waals surface area contributed by atoms with Crippen LogP contribution >= 0.6 is 11.8 Å². The van der Waals surface area contributed by atoms with E-state index in [0.717, 1.165) is 30.1 Å². The number of halogens is 2. The Morgan fingerprint density at radius 1 is 0.970 bits per heavy atom. The quantitative estimate of drug-likeness (QED) is 0.470. The Bertz CT molecular complexity index is 1110. The van der Waals surface area contributed by atoms with Gasteiger partial charge >= 0.3 is 0 Å². The molecule has 2 heterocycles. The maximum atomic E-state index is 13.6. The first kappa shape index (κ1) is 22.1. The van der Waals surface area contributed by atoms with Gasteiger partial charge in [-0.3, -0.25) is 4.79 Å². The highest BCUT2D eigenvalue weighted by Crippen LogP contribution is 2.39. The number of aryl methyl sites for hydroxylation is 1. The van der Waals surface area contributed by atoms with E-state index >= 15 is 0 Å². The summed E-state index contributed by atoms with van der Waals surface area (Å²) in [6.45, 7) is 0. The molecule has 1 aliphatic heterocycles. The zero-order valence-corrected chi connectivity index (χ0v) is 19.0. The van der Waals surface area contributed by atoms with E-state index in [-0.39, 0.29) is 11.6 Å². The molecule has 5 nitrogen and oxygen atoms in total. The van der Waals surface area contributed by atoms with Crippen LogP contribution in [0.25, 0.3) is 0 Å². The second kappa shape index (κ2) is 9.63. The minimum Gasteiger partial charge on any atom is -0.313 e. The summed E-state index contributed by atoms with van der Waals surface area (Å²) >= 11 is 1.34. The fourth-order valence-electron chi connectivity index (χ4n) is 4.77. The van der Waals surface area contributed by atoms with Gasteiger partial charge < -0.3 is 5.43 Å². The predicted molar refractivity (Wildman–Crippen MR) is 124 cm³/mol. The van der Waals surface area contributed by atoms with Gasteiger partial charge in [0.05, 0.1) is 6.04 Å². The number of fused-ring (bicyclic) bond motifs is 1. The van der Waals surface area contributed by atoms with Crippen molar-refractivity contribution in [3.63, 3.8) is 0 Å². The van der Waals surface area contributed by atoms with Crippen LogP contribution in [0.4, 0.5) is 8.78 Å². The van der Waals surface area contributed by atoms with Gasteiger partial charge in [0.15, 0.2) is 11.6 Å². The Hall–Kier alpha value is -2.74. The van der Waals surface area contributed by atoms with E-state index in [2.05, 4.69) is 15.6 Å². The van der Waals surface area contributed by atoms with E-state index in [9.17, 15) is 13.6 Å². The van der Waals surface area contributed by atoms with Crippen LogP contribution in [0.2, 0.25) is 0 Å². The molecular formula is C25H26F2N4OS. The van der Waals surface area contributed by atoms with Gasteiger partial charge in [-0.2, -0.15) is 0 Å². The van der Waals surface area contributed by atoms with Gasteiger partial charge in [-0.25, -0.2) is 13.5 Å². The highest BCUT2D eigenvalue weighted by Gasteiger charge is 2.38. The first-order valence-corrected chi connectivity index (χ1v) is 12.4. The Morgan fingerprint density at radius 2 is 1.64 bits per heavy atom. The Balaban J connectivity index is 1.42. The van der Waals surface area contributed by atoms with Gasteiger partial charge in [-0.05, 0) is 54.3 Å². The van der Waals surface area contributed by atoms with Crippen molar-refractivity contribution in [2.75, 3.05) is 5.43 Å². The van der Waals surface area contributed by atoms with E-state index in [1.807, 2.05) is 4.68 Å². The summed E-state index contributed by atoms with van der Waals surface area (Å²) in [5, 5.41) is 8.84. The second-order valence-electron chi connectivity index (χ2n) is 8.84. The van der Waals surface area contributed by atoms with Crippen molar-refractivity contribution in [1.29, 1.82) is 0 Å². The van der Waals surface area contributed by atoms with Crippen LogP contribution < -0.4 is 5.43 Å². The maximum absolute atomic E-state index is 13.6. The van der Waals surface area contributed by atoms with Crippen molar-refractivity contribution in [3.8, 4) is 0 Å². The zero-order chi connectivity index (χ0) is 22.8. The van der Waals surface area contributed by atoms with Crippen LogP contribution in [0.3, 0.4) is 0 Å². The highest BCUT2D eigenvalue weighted by atomic mass is 32.2. The number of benzene rings is 2. The standard InChI is InChI=1S/C25H26F2N4OS/c26-19-11-7-17(8-12-19)22-24(23(32)18-9-13-20(27)14-10-18)33-25-29-28-21(31(25)30-22)15-6-16-4-2-1-3-5-16/h7-14,16,22,24,30H,1-6,15H2. The molecule has 172 valence electrons. The van der Waals surface area contributed by atoms with Gasteiger partial charge in [0.2, 0.25) is 5.16 Å². The lowest BCUT2D eigenvalue weighted by Gasteiger charge is -2.33. The molecular weight excluding hydrogens is 442 g/mol. The van der Waals surface area contributed by atoms with Crippen LogP contribution in [0.15, 0.2) is 53.7 Å². The smallest absolute Gasteiger partial charge is 0.210 e. The van der Waals surface area contributed by atoms with Crippen molar-refractivity contribution < 1.29 is 13.6 Å². The molecule has 2 unspecified atom stereocenters. The number of Topliss-reactive ketones (excluding diaryl/α,β-unsaturated/α-hetero) is 1. The third-order valence-electron chi connectivity index (χ3n) is 6.62. The number of nitrogens with zero attached hydrogens (tertiary/aromatic N) is 3. The van der Waals surface area contributed by atoms with Gasteiger partial charge in [0.1, 0.15) is 16.9 Å². The van der Waals surface area contributed by atoms with Crippen molar-refractivity contribution in [2.45, 2.75) is 61.4 Å². The minimum atomic E-state index is -0.552. The average Bonchev–Trinajstić information content (AvgIpc) is 3.25. The lowest BCUT2D eigenvalue weighted by Crippen LogP contribution is -2.39. The van der Waals surface area contributed by atoms with Crippen LogP contribution in [0.5, 0.6) is 0 Å². The number of rotatable bonds is 6. The average molecular weight is 469 g/mol. The van der Waals surface area contributed by atoms with E-state index in [0.29, 0.717) is 10.7 Å². The molecule has 1 aliphatic carbocycles. The largest absolute Gasteiger partial charge is 0.313 e. The number of ketones is 1. The van der Waals surface area contributed by atoms with Crippen molar-refractivity contribution >= 4 is 17.5 Å². The topological polar surface area (TPSA) is 59.8 Å². The molecule has 0 radical (unpaired) electrons. The summed E-state index contributed by atoms with van der Waals surface area (Å²) in [4.78, 5) is 13.4. The van der Waals surface area contributed by atoms with Crippen LogP contribution in [0, 0.1) is 17.6 Å². The van der Waals surface area contributed by atoms with Gasteiger partial charge in [0.25, 0.3) is 0 Å². The lowest BCUT2D eigenvalue weighted by molar-refractivity contribution is 0.0980. The summed E-state index contributed by atoms with van der Waals surface area (Å²) < 4.78 is 28.9. The maximum Gasteiger partial charge on any atom is 0.210 e. The number of nitrogens with one attached hydrogen (secondary N) is 1. The molecule has 33 heavy (non-hydrogen) atoms. The highest BCUT2D eigenvalue weighted by molar-refractivity contribution is 8.00. The van der Waals surface area contributed by atoms with E-state index in [1.54, 1.807) is 12.1 Å². The molecule has 8 heteroatoms. The minimum absolute atomic E-state index is 0.139. The molecule has 0 spiro atoms. The van der Waals surface area contributed by atoms with Crippen LogP contribution in [-0.4, -0.2) is 25.9 Å². The van der Waals surface area contributed by atoms with E-state index in [4.69, 9.17) is 0 Å². The molecule has 1 N–H and O–H groups in total. The van der Waals surface area contributed by atoms with E-state index < -0.39 is 17.1 Å². The summed E-state index contributed by atoms with van der Waals surface area (Å²) in [5.74, 6) is 0.714. The molecule has 0 bridgehead atoms. The molecule has 0 amide bonds. The SMILES string of the molecule is O=C(c1ccc(F)cc1)C1Sc2nnc(CCC3CCCCC3)n2NC1c1ccc(F)cc1. The van der Waals surface area contributed by atoms with Crippen molar-refractivity contribution in [2.24, 2.45) is 5.92 Å². The fourth-order valence-corrected chi connectivity index (χ4v) is 5.94. The molecule has 3 aromatic rings. The second-order valence-corrected chi connectivity index (χ2v) is 9.95. The molecule has 2 aliphatic rings. The normalized spacial score (nSPS) is 20.8. The van der Waals surface area contributed by atoms with E-state index in [1.165, 1.54) is 80.3 Å². The molecule has 2 aromatic carbocycles. The summed E-state index contributed by atoms with van der Waals surface area (Å²) in [6.07, 6.45) is 8.37. The van der Waals surface area contributed by atoms with Crippen molar-refractivity contribution in [3.05, 3.63) is 77.1 Å². The van der Waals surface area contributed by atoms with Crippen LogP contribution in [0.1, 0.15) is 66.3 Å². The summed E-state index contributed by atoms with van der Waals surface area (Å²) in [5.41, 5.74) is 4.65. The summed E-state index contributed by atoms with van der Waals surface area (Å²) in [6, 6.07) is 11.3. The third-order valence-corrected chi connectivity index (χ3v) is 7.84. The Kier molecular flexibility index (Phi) is 6.44. The number of carbonyl (C=O) groups is 1. The number of aromatic nitrogens is 3. The first-order valence-electron chi connectivity index (χ1n) is 11.5. The monoisotopic (exact) mass is 468 g/mol. The van der Waals surface area contributed by atoms with Gasteiger partial charge in [-0.1, -0.05) is 56.0 Å². The van der Waals surface area contributed by atoms with Gasteiger partial charge in [0, 0.05) is 12.0 Å². The first-order chi connectivity index (χ1) is 16.1. The van der Waals surface area contributed by atoms with Gasteiger partial charge in [-0.15, -0.1) is 10.2 Å².